The average Bonchev–Trinajstić information content (AvgIpc) is 3.06. The first-order valence-corrected chi connectivity index (χ1v) is 10.5. The number of alkyl halides is 1. The van der Waals surface area contributed by atoms with E-state index in [1.54, 1.807) is 17.7 Å². The fraction of sp³-hybridized carbons (Fsp3) is 0.667. The van der Waals surface area contributed by atoms with Crippen LogP contribution in [0.1, 0.15) is 23.9 Å². The molecule has 2 unspecified atom stereocenters. The molecule has 0 N–H and O–H groups in total. The van der Waals surface area contributed by atoms with Crippen molar-refractivity contribution in [2.45, 2.75) is 30.6 Å². The first-order valence-electron chi connectivity index (χ1n) is 9.21. The summed E-state index contributed by atoms with van der Waals surface area (Å²) in [6.07, 6.45) is 6.12. The highest BCUT2D eigenvalue weighted by molar-refractivity contribution is 7.18. The molecule has 8 heteroatoms. The van der Waals surface area contributed by atoms with Crippen LogP contribution in [0.2, 0.25) is 0 Å². The van der Waals surface area contributed by atoms with Crippen molar-refractivity contribution in [1.29, 1.82) is 0 Å². The van der Waals surface area contributed by atoms with Crippen LogP contribution in [0.4, 0.5) is 0 Å². The Labute approximate surface area is 163 Å². The van der Waals surface area contributed by atoms with Gasteiger partial charge in [-0.2, -0.15) is 0 Å². The van der Waals surface area contributed by atoms with Crippen molar-refractivity contribution in [3.05, 3.63) is 23.5 Å². The lowest BCUT2D eigenvalue weighted by Crippen LogP contribution is -2.51. The quantitative estimate of drug-likeness (QED) is 0.741. The SMILES string of the molecule is CN1CCC(N(C)C(c2cc3cncnc3s2)N2CCOC(Cl)C2)CC1. The molecule has 4 heterocycles. The Morgan fingerprint density at radius 3 is 2.88 bits per heavy atom. The van der Waals surface area contributed by atoms with Crippen molar-refractivity contribution in [3.63, 3.8) is 0 Å². The lowest BCUT2D eigenvalue weighted by molar-refractivity contribution is -0.0574. The van der Waals surface area contributed by atoms with Gasteiger partial charge in [0.2, 0.25) is 0 Å². The zero-order chi connectivity index (χ0) is 18.1. The van der Waals surface area contributed by atoms with E-state index in [2.05, 4.69) is 44.8 Å². The van der Waals surface area contributed by atoms with Crippen LogP contribution in [-0.2, 0) is 4.74 Å². The van der Waals surface area contributed by atoms with Gasteiger partial charge in [0.05, 0.1) is 12.8 Å². The summed E-state index contributed by atoms with van der Waals surface area (Å²) in [6.45, 7) is 4.62. The van der Waals surface area contributed by atoms with Crippen LogP contribution < -0.4 is 0 Å². The Bertz CT molecular complexity index is 702. The number of rotatable bonds is 4. The zero-order valence-electron chi connectivity index (χ0n) is 15.3. The van der Waals surface area contributed by atoms with Gasteiger partial charge >= 0.3 is 0 Å². The molecule has 6 nitrogen and oxygen atoms in total. The van der Waals surface area contributed by atoms with E-state index in [0.717, 1.165) is 36.4 Å². The van der Waals surface area contributed by atoms with Crippen molar-refractivity contribution in [2.24, 2.45) is 0 Å². The molecule has 0 aromatic carbocycles. The van der Waals surface area contributed by atoms with Crippen molar-refractivity contribution in [3.8, 4) is 0 Å². The Balaban J connectivity index is 1.64. The topological polar surface area (TPSA) is 44.7 Å². The molecule has 2 saturated heterocycles. The van der Waals surface area contributed by atoms with Gasteiger partial charge in [0.25, 0.3) is 0 Å². The zero-order valence-corrected chi connectivity index (χ0v) is 16.9. The summed E-state index contributed by atoms with van der Waals surface area (Å²) in [5, 5.41) is 1.12. The molecule has 0 aliphatic carbocycles. The predicted octanol–water partition coefficient (Wildman–Crippen LogP) is 2.61. The molecule has 0 bridgehead atoms. The fourth-order valence-corrected chi connectivity index (χ4v) is 5.45. The second kappa shape index (κ2) is 8.04. The van der Waals surface area contributed by atoms with Gasteiger partial charge in [-0.3, -0.25) is 9.80 Å². The number of halogens is 1. The molecule has 2 atom stereocenters. The molecule has 0 amide bonds. The number of thiophene rings is 1. The van der Waals surface area contributed by atoms with Gasteiger partial charge in [-0.1, -0.05) is 11.6 Å². The van der Waals surface area contributed by atoms with Gasteiger partial charge in [-0.05, 0) is 46.1 Å². The van der Waals surface area contributed by atoms with Gasteiger partial charge < -0.3 is 9.64 Å². The largest absolute Gasteiger partial charge is 0.360 e. The molecule has 26 heavy (non-hydrogen) atoms. The maximum atomic E-state index is 6.32. The van der Waals surface area contributed by atoms with Crippen LogP contribution in [0.15, 0.2) is 18.6 Å². The molecule has 2 aromatic rings. The van der Waals surface area contributed by atoms with Gasteiger partial charge in [0.15, 0.2) is 0 Å². The first-order chi connectivity index (χ1) is 12.6. The van der Waals surface area contributed by atoms with E-state index < -0.39 is 0 Å². The molecule has 4 rings (SSSR count). The number of fused-ring (bicyclic) bond motifs is 1. The molecule has 2 aromatic heterocycles. The van der Waals surface area contributed by atoms with E-state index in [9.17, 15) is 0 Å². The minimum absolute atomic E-state index is 0.202. The molecule has 0 spiro atoms. The normalized spacial score (nSPS) is 25.2. The lowest BCUT2D eigenvalue weighted by Gasteiger charge is -2.45. The number of hydrogen-bond donors (Lipinski definition) is 0. The van der Waals surface area contributed by atoms with E-state index in [0.29, 0.717) is 12.6 Å². The second-order valence-electron chi connectivity index (χ2n) is 7.28. The summed E-state index contributed by atoms with van der Waals surface area (Å²) in [5.74, 6) is 0. The van der Waals surface area contributed by atoms with Crippen molar-refractivity contribution in [2.75, 3.05) is 46.9 Å². The molecular formula is C18H26ClN5OS. The summed E-state index contributed by atoms with van der Waals surface area (Å²) in [6, 6.07) is 2.82. The highest BCUT2D eigenvalue weighted by Gasteiger charge is 2.34. The van der Waals surface area contributed by atoms with E-state index in [-0.39, 0.29) is 11.7 Å². The Morgan fingerprint density at radius 2 is 2.15 bits per heavy atom. The summed E-state index contributed by atoms with van der Waals surface area (Å²) >= 11 is 8.09. The number of aromatic nitrogens is 2. The number of ether oxygens (including phenoxy) is 1. The van der Waals surface area contributed by atoms with E-state index in [4.69, 9.17) is 16.3 Å². The van der Waals surface area contributed by atoms with E-state index >= 15 is 0 Å². The third-order valence-corrected chi connectivity index (χ3v) is 6.88. The third kappa shape index (κ3) is 3.88. The van der Waals surface area contributed by atoms with Gasteiger partial charge in [-0.25, -0.2) is 9.97 Å². The van der Waals surface area contributed by atoms with Crippen LogP contribution in [0, 0.1) is 0 Å². The van der Waals surface area contributed by atoms with Crippen molar-refractivity contribution >= 4 is 33.2 Å². The smallest absolute Gasteiger partial charge is 0.143 e. The second-order valence-corrected chi connectivity index (χ2v) is 8.83. The van der Waals surface area contributed by atoms with Crippen LogP contribution in [0.3, 0.4) is 0 Å². The Morgan fingerprint density at radius 1 is 1.35 bits per heavy atom. The van der Waals surface area contributed by atoms with Crippen LogP contribution in [-0.4, -0.2) is 83.2 Å². The fourth-order valence-electron chi connectivity index (χ4n) is 4.02. The van der Waals surface area contributed by atoms with Crippen LogP contribution >= 0.6 is 22.9 Å². The highest BCUT2D eigenvalue weighted by atomic mass is 35.5. The van der Waals surface area contributed by atoms with Crippen LogP contribution in [0.25, 0.3) is 10.2 Å². The summed E-state index contributed by atoms with van der Waals surface area (Å²) < 4.78 is 5.57. The number of piperidine rings is 1. The van der Waals surface area contributed by atoms with Gasteiger partial charge in [0, 0.05) is 35.6 Å². The molecular weight excluding hydrogens is 370 g/mol. The molecule has 0 radical (unpaired) electrons. The molecule has 2 aliphatic heterocycles. The maximum absolute atomic E-state index is 6.32. The number of nitrogens with zero attached hydrogens (tertiary/aromatic N) is 5. The highest BCUT2D eigenvalue weighted by Crippen LogP contribution is 2.36. The van der Waals surface area contributed by atoms with Gasteiger partial charge in [0.1, 0.15) is 16.7 Å². The van der Waals surface area contributed by atoms with Gasteiger partial charge in [-0.15, -0.1) is 11.3 Å². The Hall–Kier alpha value is -0.830. The molecule has 2 aliphatic rings. The minimum Gasteiger partial charge on any atom is -0.360 e. The van der Waals surface area contributed by atoms with Crippen molar-refractivity contribution in [1.82, 2.24) is 24.7 Å². The monoisotopic (exact) mass is 395 g/mol. The first kappa shape index (κ1) is 18.5. The predicted molar refractivity (Wildman–Crippen MR) is 106 cm³/mol. The number of morpholine rings is 1. The summed E-state index contributed by atoms with van der Waals surface area (Å²) in [5.41, 5.74) is -0.244. The number of likely N-dealkylation sites (tertiary alicyclic amines) is 1. The maximum Gasteiger partial charge on any atom is 0.143 e. The average molecular weight is 396 g/mol. The summed E-state index contributed by atoms with van der Waals surface area (Å²) in [7, 11) is 4.47. The van der Waals surface area contributed by atoms with Crippen LogP contribution in [0.5, 0.6) is 0 Å². The molecule has 2 fully saturated rings. The number of hydrogen-bond acceptors (Lipinski definition) is 7. The third-order valence-electron chi connectivity index (χ3n) is 5.52. The summed E-state index contributed by atoms with van der Waals surface area (Å²) in [4.78, 5) is 18.4. The standard InChI is InChI=1S/C18H26ClN5OS/c1-22-5-3-14(4-6-22)23(2)18(24-7-8-25-16(19)11-24)15-9-13-10-20-12-21-17(13)26-15/h9-10,12,14,16,18H,3-8,11H2,1-2H3. The molecule has 0 saturated carbocycles. The van der Waals surface area contributed by atoms with Crippen molar-refractivity contribution < 1.29 is 4.74 Å². The Kier molecular flexibility index (Phi) is 5.73. The van der Waals surface area contributed by atoms with E-state index in [1.807, 2.05) is 6.20 Å². The lowest BCUT2D eigenvalue weighted by atomic mass is 10.0. The minimum atomic E-state index is -0.244. The molecule has 142 valence electrons. The van der Waals surface area contributed by atoms with E-state index in [1.165, 1.54) is 17.7 Å².